The highest BCUT2D eigenvalue weighted by molar-refractivity contribution is 5.84. The largest absolute Gasteiger partial charge is 0.303 e. The zero-order chi connectivity index (χ0) is 20.8. The number of hydrogen-bond acceptors (Lipinski definition) is 4. The van der Waals surface area contributed by atoms with Crippen LogP contribution in [0.15, 0.2) is 30.6 Å². The van der Waals surface area contributed by atoms with Crippen LogP contribution in [0.3, 0.4) is 0 Å². The van der Waals surface area contributed by atoms with E-state index in [1.807, 2.05) is 36.1 Å². The van der Waals surface area contributed by atoms with Gasteiger partial charge in [0.25, 0.3) is 0 Å². The Labute approximate surface area is 175 Å². The Morgan fingerprint density at radius 1 is 1.07 bits per heavy atom. The second kappa shape index (κ2) is 7.47. The van der Waals surface area contributed by atoms with Crippen molar-refractivity contribution in [2.24, 2.45) is 0 Å². The van der Waals surface area contributed by atoms with Crippen LogP contribution in [-0.4, -0.2) is 48.9 Å². The molecule has 1 fully saturated rings. The van der Waals surface area contributed by atoms with Gasteiger partial charge in [-0.05, 0) is 56.5 Å². The van der Waals surface area contributed by atoms with Crippen molar-refractivity contribution in [2.75, 3.05) is 19.6 Å². The molecule has 0 unspecified atom stereocenters. The van der Waals surface area contributed by atoms with Crippen molar-refractivity contribution >= 4 is 16.6 Å². The zero-order valence-electron chi connectivity index (χ0n) is 17.8. The molecule has 0 amide bonds. The summed E-state index contributed by atoms with van der Waals surface area (Å²) in [6, 6.07) is 5.85. The molecule has 156 valence electrons. The lowest BCUT2D eigenvalue weighted by Gasteiger charge is -2.31. The maximum atomic E-state index is 15.0. The standard InChI is InChI=1S/C23H27FN6/c1-4-18-14-30-23(25-18)15(3)10-21(26-30)16-11-17-13-29(27-22(17)20(24)12-16)19-6-8-28(5-2)9-7-19/h10-14,19H,4-9H2,1-3H3. The molecule has 1 aliphatic rings. The number of aryl methyl sites for hydroxylation is 2. The van der Waals surface area contributed by atoms with Crippen LogP contribution in [0.25, 0.3) is 27.8 Å². The van der Waals surface area contributed by atoms with Crippen molar-refractivity contribution in [3.63, 3.8) is 0 Å². The molecule has 0 spiro atoms. The van der Waals surface area contributed by atoms with E-state index < -0.39 is 0 Å². The summed E-state index contributed by atoms with van der Waals surface area (Å²) in [6.07, 6.45) is 6.89. The van der Waals surface area contributed by atoms with Gasteiger partial charge < -0.3 is 4.90 Å². The molecule has 1 aromatic carbocycles. The number of halogens is 1. The topological polar surface area (TPSA) is 51.3 Å². The molecule has 3 aromatic heterocycles. The van der Waals surface area contributed by atoms with E-state index >= 15 is 0 Å². The fraction of sp³-hybridized carbons (Fsp3) is 0.435. The lowest BCUT2D eigenvalue weighted by atomic mass is 10.1. The van der Waals surface area contributed by atoms with E-state index in [0.717, 1.165) is 72.4 Å². The maximum absolute atomic E-state index is 15.0. The number of fused-ring (bicyclic) bond motifs is 2. The molecule has 7 heteroatoms. The van der Waals surface area contributed by atoms with Crippen LogP contribution in [0.5, 0.6) is 0 Å². The third-order valence-corrected chi connectivity index (χ3v) is 6.28. The molecule has 1 saturated heterocycles. The number of hydrogen-bond donors (Lipinski definition) is 0. The molecule has 6 nitrogen and oxygen atoms in total. The minimum atomic E-state index is -0.299. The van der Waals surface area contributed by atoms with Gasteiger partial charge in [0.1, 0.15) is 5.52 Å². The molecule has 5 rings (SSSR count). The Kier molecular flexibility index (Phi) is 4.77. The molecular weight excluding hydrogens is 379 g/mol. The normalized spacial score (nSPS) is 16.1. The first-order valence-corrected chi connectivity index (χ1v) is 10.8. The summed E-state index contributed by atoms with van der Waals surface area (Å²) in [5.74, 6) is -0.299. The van der Waals surface area contributed by atoms with Gasteiger partial charge in [-0.2, -0.15) is 10.2 Å². The Morgan fingerprint density at radius 3 is 2.60 bits per heavy atom. The van der Waals surface area contributed by atoms with Gasteiger partial charge >= 0.3 is 0 Å². The molecule has 0 radical (unpaired) electrons. The average molecular weight is 407 g/mol. The Hall–Kier alpha value is -2.80. The third-order valence-electron chi connectivity index (χ3n) is 6.28. The Morgan fingerprint density at radius 2 is 1.87 bits per heavy atom. The fourth-order valence-corrected chi connectivity index (χ4v) is 4.44. The van der Waals surface area contributed by atoms with E-state index in [4.69, 9.17) is 5.10 Å². The predicted octanol–water partition coefficient (Wildman–Crippen LogP) is 4.41. The summed E-state index contributed by atoms with van der Waals surface area (Å²) in [5, 5.41) is 10.1. The van der Waals surface area contributed by atoms with E-state index in [0.29, 0.717) is 11.6 Å². The number of likely N-dealkylation sites (tertiary alicyclic amines) is 1. The van der Waals surface area contributed by atoms with Gasteiger partial charge in [-0.1, -0.05) is 13.8 Å². The van der Waals surface area contributed by atoms with Gasteiger partial charge in [-0.3, -0.25) is 4.68 Å². The van der Waals surface area contributed by atoms with Crippen LogP contribution in [-0.2, 0) is 6.42 Å². The SMILES string of the molecule is CCc1cn2nc(-c3cc(F)c4nn(C5CCN(CC)CC5)cc4c3)cc(C)c2n1. The van der Waals surface area contributed by atoms with E-state index in [-0.39, 0.29) is 5.82 Å². The number of piperidine rings is 1. The highest BCUT2D eigenvalue weighted by atomic mass is 19.1. The molecule has 0 aliphatic carbocycles. The number of aromatic nitrogens is 5. The first-order valence-electron chi connectivity index (χ1n) is 10.8. The van der Waals surface area contributed by atoms with Gasteiger partial charge in [0.15, 0.2) is 11.5 Å². The highest BCUT2D eigenvalue weighted by Crippen LogP contribution is 2.29. The van der Waals surface area contributed by atoms with Crippen molar-refractivity contribution in [2.45, 2.75) is 46.1 Å². The summed E-state index contributed by atoms with van der Waals surface area (Å²) in [7, 11) is 0. The molecule has 0 bridgehead atoms. The van der Waals surface area contributed by atoms with Crippen molar-refractivity contribution in [3.05, 3.63) is 47.7 Å². The summed E-state index contributed by atoms with van der Waals surface area (Å²) < 4.78 is 18.7. The number of rotatable bonds is 4. The minimum Gasteiger partial charge on any atom is -0.303 e. The van der Waals surface area contributed by atoms with Crippen LogP contribution >= 0.6 is 0 Å². The minimum absolute atomic E-state index is 0.299. The molecule has 1 aliphatic heterocycles. The van der Waals surface area contributed by atoms with Gasteiger partial charge in [-0.25, -0.2) is 13.9 Å². The van der Waals surface area contributed by atoms with E-state index in [9.17, 15) is 4.39 Å². The van der Waals surface area contributed by atoms with Crippen LogP contribution in [0, 0.1) is 12.7 Å². The van der Waals surface area contributed by atoms with E-state index in [1.165, 1.54) is 0 Å². The number of imidazole rings is 1. The van der Waals surface area contributed by atoms with Crippen molar-refractivity contribution in [1.82, 2.24) is 29.3 Å². The van der Waals surface area contributed by atoms with E-state index in [2.05, 4.69) is 28.8 Å². The summed E-state index contributed by atoms with van der Waals surface area (Å²) >= 11 is 0. The lowest BCUT2D eigenvalue weighted by molar-refractivity contribution is 0.188. The van der Waals surface area contributed by atoms with Crippen molar-refractivity contribution in [3.8, 4) is 11.3 Å². The van der Waals surface area contributed by atoms with E-state index in [1.54, 1.807) is 10.6 Å². The zero-order valence-corrected chi connectivity index (χ0v) is 17.8. The first-order chi connectivity index (χ1) is 14.6. The first kappa shape index (κ1) is 19.2. The molecule has 0 saturated carbocycles. The van der Waals surface area contributed by atoms with Gasteiger partial charge in [0.05, 0.1) is 23.6 Å². The van der Waals surface area contributed by atoms with Crippen LogP contribution in [0.1, 0.15) is 44.0 Å². The lowest BCUT2D eigenvalue weighted by Crippen LogP contribution is -2.34. The molecular formula is C23H27FN6. The molecule has 4 aromatic rings. The van der Waals surface area contributed by atoms with Gasteiger partial charge in [0.2, 0.25) is 0 Å². The molecule has 30 heavy (non-hydrogen) atoms. The Bertz CT molecular complexity index is 1220. The second-order valence-electron chi connectivity index (χ2n) is 8.24. The summed E-state index contributed by atoms with van der Waals surface area (Å²) in [5.41, 5.74) is 4.81. The van der Waals surface area contributed by atoms with Gasteiger partial charge in [-0.15, -0.1) is 0 Å². The Balaban J connectivity index is 1.52. The molecule has 0 atom stereocenters. The monoisotopic (exact) mass is 406 g/mol. The van der Waals surface area contributed by atoms with Crippen molar-refractivity contribution in [1.29, 1.82) is 0 Å². The quantitative estimate of drug-likeness (QED) is 0.504. The maximum Gasteiger partial charge on any atom is 0.156 e. The average Bonchev–Trinajstić information content (AvgIpc) is 3.38. The van der Waals surface area contributed by atoms with Crippen molar-refractivity contribution < 1.29 is 4.39 Å². The number of nitrogens with zero attached hydrogens (tertiary/aromatic N) is 6. The van der Waals surface area contributed by atoms with Crippen LogP contribution in [0.4, 0.5) is 4.39 Å². The highest BCUT2D eigenvalue weighted by Gasteiger charge is 2.21. The second-order valence-corrected chi connectivity index (χ2v) is 8.24. The third kappa shape index (κ3) is 3.27. The summed E-state index contributed by atoms with van der Waals surface area (Å²) in [4.78, 5) is 7.06. The fourth-order valence-electron chi connectivity index (χ4n) is 4.44. The van der Waals surface area contributed by atoms with Gasteiger partial charge in [0, 0.05) is 30.2 Å². The predicted molar refractivity (Wildman–Crippen MR) is 116 cm³/mol. The smallest absolute Gasteiger partial charge is 0.156 e. The van der Waals surface area contributed by atoms with Crippen LogP contribution < -0.4 is 0 Å². The van der Waals surface area contributed by atoms with Crippen LogP contribution in [0.2, 0.25) is 0 Å². The molecule has 0 N–H and O–H groups in total. The summed E-state index contributed by atoms with van der Waals surface area (Å²) in [6.45, 7) is 9.50. The number of benzene rings is 1. The molecule has 4 heterocycles.